The molecule has 214 valence electrons. The van der Waals surface area contributed by atoms with Gasteiger partial charge in [-0.2, -0.15) is 0 Å². The number of methoxy groups -OCH3 is 3. The molecule has 1 aliphatic heterocycles. The summed E-state index contributed by atoms with van der Waals surface area (Å²) >= 11 is 0. The van der Waals surface area contributed by atoms with Gasteiger partial charge in [-0.25, -0.2) is 4.79 Å². The van der Waals surface area contributed by atoms with Crippen LogP contribution in [0.3, 0.4) is 0 Å². The molecule has 39 heavy (non-hydrogen) atoms. The number of hydrogen-bond donors (Lipinski definition) is 3. The predicted octanol–water partition coefficient (Wildman–Crippen LogP) is 1.85. The Morgan fingerprint density at radius 3 is 2.54 bits per heavy atom. The first-order chi connectivity index (χ1) is 18.7. The normalized spacial score (nSPS) is 51.1. The minimum absolute atomic E-state index is 0.00601. The van der Waals surface area contributed by atoms with Gasteiger partial charge in [-0.1, -0.05) is 19.1 Å². The number of aliphatic hydroxyl groups is 2. The van der Waals surface area contributed by atoms with Crippen molar-refractivity contribution in [1.82, 2.24) is 4.90 Å². The van der Waals surface area contributed by atoms with Crippen molar-refractivity contribution < 1.29 is 34.0 Å². The number of rotatable bonds is 6. The van der Waals surface area contributed by atoms with Crippen molar-refractivity contribution in [2.75, 3.05) is 40.2 Å². The van der Waals surface area contributed by atoms with Crippen LogP contribution in [0.15, 0.2) is 24.3 Å². The number of hydrogen-bond acceptors (Lipinski definition) is 9. The summed E-state index contributed by atoms with van der Waals surface area (Å²) in [5, 5.41) is 25.6. The lowest BCUT2D eigenvalue weighted by Gasteiger charge is -2.70. The van der Waals surface area contributed by atoms with Crippen molar-refractivity contribution in [1.29, 1.82) is 0 Å². The molecule has 0 amide bonds. The first-order valence-corrected chi connectivity index (χ1v) is 14.5. The van der Waals surface area contributed by atoms with E-state index < -0.39 is 34.3 Å². The molecular formula is C30H42N2O7. The van der Waals surface area contributed by atoms with E-state index in [-0.39, 0.29) is 41.9 Å². The van der Waals surface area contributed by atoms with E-state index in [2.05, 4.69) is 11.8 Å². The van der Waals surface area contributed by atoms with E-state index >= 15 is 0 Å². The molecule has 4 N–H and O–H groups in total. The minimum atomic E-state index is -1.44. The van der Waals surface area contributed by atoms with Crippen LogP contribution in [0.4, 0.5) is 5.69 Å². The fraction of sp³-hybridized carbons (Fsp3) is 0.767. The summed E-state index contributed by atoms with van der Waals surface area (Å²) < 4.78 is 24.9. The number of nitrogens with two attached hydrogens (primary N) is 1. The van der Waals surface area contributed by atoms with Crippen LogP contribution in [0.5, 0.6) is 0 Å². The molecule has 7 rings (SSSR count). The molecule has 1 saturated heterocycles. The fourth-order valence-corrected chi connectivity index (χ4v) is 11.3. The van der Waals surface area contributed by atoms with Crippen molar-refractivity contribution in [3.63, 3.8) is 0 Å². The summed E-state index contributed by atoms with van der Waals surface area (Å²) in [4.78, 5) is 16.1. The van der Waals surface area contributed by atoms with E-state index in [1.165, 1.54) is 0 Å². The number of piperidine rings is 1. The number of nitrogens with zero attached hydrogens (tertiary/aromatic N) is 1. The number of likely N-dealkylation sites (N-methyl/N-ethyl adjacent to an activating group) is 1. The maximum absolute atomic E-state index is 13.7. The van der Waals surface area contributed by atoms with Gasteiger partial charge in [-0.05, 0) is 44.4 Å². The highest BCUT2D eigenvalue weighted by Crippen LogP contribution is 2.79. The Balaban J connectivity index is 1.42. The summed E-state index contributed by atoms with van der Waals surface area (Å²) in [6, 6.07) is 7.04. The summed E-state index contributed by atoms with van der Waals surface area (Å²) in [5.74, 6) is -1.06. The van der Waals surface area contributed by atoms with Gasteiger partial charge in [0.2, 0.25) is 0 Å². The van der Waals surface area contributed by atoms with Crippen LogP contribution in [-0.4, -0.2) is 96.7 Å². The molecule has 6 fully saturated rings. The zero-order valence-electron chi connectivity index (χ0n) is 23.3. The van der Waals surface area contributed by atoms with Crippen LogP contribution in [0.25, 0.3) is 0 Å². The number of esters is 1. The molecule has 12 atom stereocenters. The average Bonchev–Trinajstić information content (AvgIpc) is 3.35. The third-order valence-corrected chi connectivity index (χ3v) is 12.4. The molecule has 0 aromatic heterocycles. The molecule has 5 aliphatic carbocycles. The van der Waals surface area contributed by atoms with E-state index in [1.807, 2.05) is 6.07 Å². The Kier molecular flexibility index (Phi) is 5.63. The molecule has 9 heteroatoms. The number of ether oxygens (including phenoxy) is 4. The topological polar surface area (TPSA) is 124 Å². The molecule has 1 spiro atoms. The van der Waals surface area contributed by atoms with Crippen LogP contribution >= 0.6 is 0 Å². The van der Waals surface area contributed by atoms with Gasteiger partial charge < -0.3 is 34.9 Å². The van der Waals surface area contributed by atoms with Gasteiger partial charge in [0.05, 0.1) is 23.9 Å². The molecule has 9 nitrogen and oxygen atoms in total. The van der Waals surface area contributed by atoms with Crippen LogP contribution in [-0.2, 0) is 18.9 Å². The van der Waals surface area contributed by atoms with Gasteiger partial charge in [-0.15, -0.1) is 0 Å². The van der Waals surface area contributed by atoms with Crippen molar-refractivity contribution in [3.05, 3.63) is 29.8 Å². The van der Waals surface area contributed by atoms with E-state index in [0.717, 1.165) is 6.54 Å². The van der Waals surface area contributed by atoms with E-state index in [0.29, 0.717) is 49.9 Å². The zero-order valence-corrected chi connectivity index (χ0v) is 23.3. The van der Waals surface area contributed by atoms with Gasteiger partial charge in [0, 0.05) is 75.1 Å². The van der Waals surface area contributed by atoms with Crippen LogP contribution < -0.4 is 5.73 Å². The number of anilines is 1. The highest BCUT2D eigenvalue weighted by Gasteiger charge is 2.89. The number of likely N-dealkylation sites (tertiary alicyclic amines) is 1. The lowest BCUT2D eigenvalue weighted by atomic mass is 9.44. The monoisotopic (exact) mass is 542 g/mol. The fourth-order valence-electron chi connectivity index (χ4n) is 11.3. The van der Waals surface area contributed by atoms with Crippen LogP contribution in [0.1, 0.15) is 49.4 Å². The second-order valence-electron chi connectivity index (χ2n) is 13.0. The smallest absolute Gasteiger partial charge is 0.340 e. The zero-order chi connectivity index (χ0) is 27.5. The van der Waals surface area contributed by atoms with Gasteiger partial charge >= 0.3 is 5.97 Å². The standard InChI is InChI=1S/C30H42N2O7/c1-5-32-15-27(39-26(33)16-8-6-7-9-19(16)31)11-10-23(37-3)29-21(27)13-18(24(29)32)28(34)14-20(36-2)17-12-22(29)30(28,35)25(17)38-4/h6-9,17-18,20-25,34-35H,5,10-15,31H2,1-4H3/t17-,18-,20+,21-,22+,23+,24?,25+,27-,28+,29+,30+/m1/s1. The number of fused-ring (bicyclic) bond motifs is 2. The van der Waals surface area contributed by atoms with E-state index in [4.69, 9.17) is 24.7 Å². The van der Waals surface area contributed by atoms with Gasteiger partial charge in [-0.3, -0.25) is 4.90 Å². The Bertz CT molecular complexity index is 1180. The third-order valence-electron chi connectivity index (χ3n) is 12.4. The Morgan fingerprint density at radius 1 is 1.10 bits per heavy atom. The Labute approximate surface area is 229 Å². The molecule has 1 aromatic carbocycles. The first-order valence-electron chi connectivity index (χ1n) is 14.5. The predicted molar refractivity (Wildman–Crippen MR) is 142 cm³/mol. The molecule has 0 radical (unpaired) electrons. The molecule has 5 saturated carbocycles. The quantitative estimate of drug-likeness (QED) is 0.365. The molecule has 1 unspecified atom stereocenters. The van der Waals surface area contributed by atoms with E-state index in [9.17, 15) is 15.0 Å². The summed E-state index contributed by atoms with van der Waals surface area (Å²) in [6.45, 7) is 3.47. The number of nitrogen functional groups attached to an aromatic ring is 1. The third kappa shape index (κ3) is 2.80. The maximum Gasteiger partial charge on any atom is 0.340 e. The Morgan fingerprint density at radius 2 is 1.87 bits per heavy atom. The van der Waals surface area contributed by atoms with Gasteiger partial charge in [0.15, 0.2) is 0 Å². The largest absolute Gasteiger partial charge is 0.454 e. The van der Waals surface area contributed by atoms with Crippen molar-refractivity contribution in [2.45, 2.75) is 80.2 Å². The number of carbonyl (C=O) groups excluding carboxylic acids is 1. The van der Waals surface area contributed by atoms with Gasteiger partial charge in [0.1, 0.15) is 16.8 Å². The highest BCUT2D eigenvalue weighted by atomic mass is 16.6. The van der Waals surface area contributed by atoms with E-state index in [1.54, 1.807) is 39.5 Å². The number of para-hydroxylation sites is 1. The Hall–Kier alpha value is -1.75. The SMILES string of the molecule is CCN1C[C@]2(OC(=O)c3ccccc3N)CC[C@H](OC)[C@]34C1[C@@H](C[C@H]23)[C@@]1(O)C[C@H](OC)[C@H]2C[C@@H]4[C@]1(O)[C@H]2OC. The van der Waals surface area contributed by atoms with Crippen LogP contribution in [0.2, 0.25) is 0 Å². The molecular weight excluding hydrogens is 500 g/mol. The lowest BCUT2D eigenvalue weighted by molar-refractivity contribution is -0.337. The van der Waals surface area contributed by atoms with Crippen molar-refractivity contribution >= 4 is 11.7 Å². The molecule has 6 aliphatic rings. The maximum atomic E-state index is 13.7. The minimum Gasteiger partial charge on any atom is -0.454 e. The summed E-state index contributed by atoms with van der Waals surface area (Å²) in [7, 11) is 5.09. The van der Waals surface area contributed by atoms with Crippen molar-refractivity contribution in [3.8, 4) is 0 Å². The van der Waals surface area contributed by atoms with Gasteiger partial charge in [0.25, 0.3) is 0 Å². The summed E-state index contributed by atoms with van der Waals surface area (Å²) in [6.07, 6.45) is 2.17. The number of carbonyl (C=O) groups is 1. The average molecular weight is 543 g/mol. The summed E-state index contributed by atoms with van der Waals surface area (Å²) in [5.41, 5.74) is 2.84. The second-order valence-corrected chi connectivity index (χ2v) is 13.0. The highest BCUT2D eigenvalue weighted by molar-refractivity contribution is 5.95. The lowest BCUT2D eigenvalue weighted by Crippen LogP contribution is -2.83. The first kappa shape index (κ1) is 26.2. The molecule has 1 heterocycles. The van der Waals surface area contributed by atoms with Crippen molar-refractivity contribution in [2.24, 2.45) is 29.1 Å². The second kappa shape index (κ2) is 8.39. The van der Waals surface area contributed by atoms with Crippen LogP contribution in [0, 0.1) is 29.1 Å². The molecule has 1 aromatic rings. The number of benzene rings is 1. The molecule has 7 bridgehead atoms.